The van der Waals surface area contributed by atoms with E-state index in [1.165, 1.54) is 6.26 Å². The molecule has 146 valence electrons. The average Bonchev–Trinajstić information content (AvgIpc) is 3.35. The number of rotatable bonds is 6. The minimum Gasteiger partial charge on any atom is -0.497 e. The van der Waals surface area contributed by atoms with Gasteiger partial charge in [0.1, 0.15) is 23.0 Å². The molecule has 0 spiro atoms. The van der Waals surface area contributed by atoms with Gasteiger partial charge in [0.15, 0.2) is 18.1 Å². The maximum Gasteiger partial charge on any atom is 0.232 e. The van der Waals surface area contributed by atoms with Crippen molar-refractivity contribution in [2.45, 2.75) is 6.92 Å². The van der Waals surface area contributed by atoms with Crippen molar-refractivity contribution in [3.63, 3.8) is 0 Å². The van der Waals surface area contributed by atoms with Gasteiger partial charge in [0.05, 0.1) is 18.9 Å². The molecule has 4 rings (SSSR count). The standard InChI is InChI=1S/C23H18O6/c1-14-10-18(28-13-19(24)15-5-7-16(26-2)8-6-15)12-20-22(14)23(25)21(29-20)11-17-4-3-9-27-17/h3-12H,13H2,1-2H3/b21-11-. The smallest absolute Gasteiger partial charge is 0.232 e. The Morgan fingerprint density at radius 1 is 1.10 bits per heavy atom. The summed E-state index contributed by atoms with van der Waals surface area (Å²) in [6, 6.07) is 13.6. The summed E-state index contributed by atoms with van der Waals surface area (Å²) in [4.78, 5) is 25.0. The molecule has 3 aromatic rings. The lowest BCUT2D eigenvalue weighted by Crippen LogP contribution is -2.11. The highest BCUT2D eigenvalue weighted by Crippen LogP contribution is 2.37. The molecule has 2 heterocycles. The monoisotopic (exact) mass is 390 g/mol. The minimum atomic E-state index is -0.213. The van der Waals surface area contributed by atoms with Crippen LogP contribution in [-0.4, -0.2) is 25.3 Å². The molecule has 0 fully saturated rings. The maximum atomic E-state index is 12.6. The molecule has 2 aromatic carbocycles. The molecule has 29 heavy (non-hydrogen) atoms. The highest BCUT2D eigenvalue weighted by molar-refractivity contribution is 6.15. The Balaban J connectivity index is 1.49. The fourth-order valence-corrected chi connectivity index (χ4v) is 3.07. The number of fused-ring (bicyclic) bond motifs is 1. The third kappa shape index (κ3) is 3.78. The SMILES string of the molecule is COc1ccc(C(=O)COc2cc(C)c3c(c2)O/C(=C\c2ccco2)C3=O)cc1. The Bertz CT molecular complexity index is 1090. The van der Waals surface area contributed by atoms with E-state index in [0.717, 1.165) is 0 Å². The van der Waals surface area contributed by atoms with E-state index in [1.807, 2.05) is 0 Å². The van der Waals surface area contributed by atoms with Crippen LogP contribution in [-0.2, 0) is 0 Å². The van der Waals surface area contributed by atoms with E-state index in [4.69, 9.17) is 18.6 Å². The number of hydrogen-bond donors (Lipinski definition) is 0. The van der Waals surface area contributed by atoms with Gasteiger partial charge < -0.3 is 18.6 Å². The van der Waals surface area contributed by atoms with Crippen molar-refractivity contribution in [1.29, 1.82) is 0 Å². The number of furan rings is 1. The number of carbonyl (C=O) groups is 2. The fourth-order valence-electron chi connectivity index (χ4n) is 3.07. The fraction of sp³-hybridized carbons (Fsp3) is 0.130. The second-order valence-corrected chi connectivity index (χ2v) is 6.51. The Labute approximate surface area is 167 Å². The zero-order valence-electron chi connectivity index (χ0n) is 15.9. The number of aryl methyl sites for hydroxylation is 1. The van der Waals surface area contributed by atoms with E-state index >= 15 is 0 Å². The van der Waals surface area contributed by atoms with Crippen molar-refractivity contribution >= 4 is 17.6 Å². The van der Waals surface area contributed by atoms with Gasteiger partial charge in [0.2, 0.25) is 5.78 Å². The summed E-state index contributed by atoms with van der Waals surface area (Å²) in [6.07, 6.45) is 3.07. The van der Waals surface area contributed by atoms with Crippen LogP contribution in [0.15, 0.2) is 65.0 Å². The number of allylic oxidation sites excluding steroid dienone is 1. The Morgan fingerprint density at radius 2 is 1.90 bits per heavy atom. The van der Waals surface area contributed by atoms with Crippen LogP contribution in [0.2, 0.25) is 0 Å². The van der Waals surface area contributed by atoms with Crippen LogP contribution in [0.1, 0.15) is 32.0 Å². The molecule has 6 heteroatoms. The van der Waals surface area contributed by atoms with Gasteiger partial charge in [-0.1, -0.05) is 0 Å². The van der Waals surface area contributed by atoms with Crippen LogP contribution in [0.3, 0.4) is 0 Å². The van der Waals surface area contributed by atoms with Gasteiger partial charge in [0, 0.05) is 17.7 Å². The molecule has 0 aliphatic carbocycles. The molecule has 0 atom stereocenters. The molecular weight excluding hydrogens is 372 g/mol. The van der Waals surface area contributed by atoms with Crippen LogP contribution >= 0.6 is 0 Å². The van der Waals surface area contributed by atoms with E-state index in [1.54, 1.807) is 68.6 Å². The number of methoxy groups -OCH3 is 1. The molecule has 1 aliphatic rings. The highest BCUT2D eigenvalue weighted by atomic mass is 16.5. The van der Waals surface area contributed by atoms with Gasteiger partial charge in [-0.2, -0.15) is 0 Å². The van der Waals surface area contributed by atoms with Crippen molar-refractivity contribution < 1.29 is 28.2 Å². The first-order valence-electron chi connectivity index (χ1n) is 8.97. The molecule has 0 unspecified atom stereocenters. The largest absolute Gasteiger partial charge is 0.497 e. The molecule has 0 N–H and O–H groups in total. The lowest BCUT2D eigenvalue weighted by molar-refractivity contribution is 0.0920. The van der Waals surface area contributed by atoms with Crippen LogP contribution in [0.25, 0.3) is 6.08 Å². The minimum absolute atomic E-state index is 0.131. The average molecular weight is 390 g/mol. The summed E-state index contributed by atoms with van der Waals surface area (Å²) in [7, 11) is 1.57. The second kappa shape index (κ2) is 7.67. The molecule has 0 radical (unpaired) electrons. The van der Waals surface area contributed by atoms with Crippen molar-refractivity contribution in [3.05, 3.63) is 83.0 Å². The van der Waals surface area contributed by atoms with E-state index in [0.29, 0.717) is 39.7 Å². The molecule has 0 saturated carbocycles. The van der Waals surface area contributed by atoms with Crippen LogP contribution in [0.5, 0.6) is 17.2 Å². The van der Waals surface area contributed by atoms with Crippen LogP contribution in [0, 0.1) is 6.92 Å². The van der Waals surface area contributed by atoms with Gasteiger partial charge in [0.25, 0.3) is 0 Å². The number of ether oxygens (including phenoxy) is 3. The summed E-state index contributed by atoms with van der Waals surface area (Å²) >= 11 is 0. The van der Waals surface area contributed by atoms with Gasteiger partial charge in [-0.05, 0) is 55.0 Å². The van der Waals surface area contributed by atoms with E-state index in [-0.39, 0.29) is 23.9 Å². The summed E-state index contributed by atoms with van der Waals surface area (Å²) in [5.74, 6) is 1.87. The third-order valence-electron chi connectivity index (χ3n) is 4.54. The molecule has 0 saturated heterocycles. The molecular formula is C23H18O6. The zero-order chi connectivity index (χ0) is 20.4. The van der Waals surface area contributed by atoms with Crippen molar-refractivity contribution in [2.75, 3.05) is 13.7 Å². The molecule has 0 bridgehead atoms. The highest BCUT2D eigenvalue weighted by Gasteiger charge is 2.30. The summed E-state index contributed by atoms with van der Waals surface area (Å²) in [5, 5.41) is 0. The first-order valence-corrected chi connectivity index (χ1v) is 8.97. The summed E-state index contributed by atoms with van der Waals surface area (Å²) < 4.78 is 21.7. The van der Waals surface area contributed by atoms with Gasteiger partial charge >= 0.3 is 0 Å². The summed E-state index contributed by atoms with van der Waals surface area (Å²) in [5.41, 5.74) is 1.72. The predicted octanol–water partition coefficient (Wildman–Crippen LogP) is 4.47. The van der Waals surface area contributed by atoms with Gasteiger partial charge in [-0.3, -0.25) is 9.59 Å². The molecule has 6 nitrogen and oxygen atoms in total. The topological polar surface area (TPSA) is 75.0 Å². The van der Waals surface area contributed by atoms with Gasteiger partial charge in [-0.25, -0.2) is 0 Å². The van der Waals surface area contributed by atoms with Crippen molar-refractivity contribution in [3.8, 4) is 17.2 Å². The van der Waals surface area contributed by atoms with Crippen LogP contribution < -0.4 is 14.2 Å². The lowest BCUT2D eigenvalue weighted by atomic mass is 10.0. The Hall–Kier alpha value is -3.80. The lowest BCUT2D eigenvalue weighted by Gasteiger charge is -2.09. The van der Waals surface area contributed by atoms with E-state index in [2.05, 4.69) is 0 Å². The van der Waals surface area contributed by atoms with Crippen molar-refractivity contribution in [2.24, 2.45) is 0 Å². The third-order valence-corrected chi connectivity index (χ3v) is 4.54. The number of carbonyl (C=O) groups excluding carboxylic acids is 2. The predicted molar refractivity (Wildman–Crippen MR) is 106 cm³/mol. The first kappa shape index (κ1) is 18.6. The molecule has 1 aliphatic heterocycles. The van der Waals surface area contributed by atoms with Crippen LogP contribution in [0.4, 0.5) is 0 Å². The number of benzene rings is 2. The van der Waals surface area contributed by atoms with Crippen molar-refractivity contribution in [1.82, 2.24) is 0 Å². The van der Waals surface area contributed by atoms with E-state index < -0.39 is 0 Å². The van der Waals surface area contributed by atoms with E-state index in [9.17, 15) is 9.59 Å². The number of Topliss-reactive ketones (excluding diaryl/α,β-unsaturated/α-hetero) is 2. The zero-order valence-corrected chi connectivity index (χ0v) is 15.9. The first-order chi connectivity index (χ1) is 14.0. The molecule has 0 amide bonds. The molecule has 1 aromatic heterocycles. The Kier molecular flexibility index (Phi) is 4.91. The summed E-state index contributed by atoms with van der Waals surface area (Å²) in [6.45, 7) is 1.67. The number of hydrogen-bond acceptors (Lipinski definition) is 6. The second-order valence-electron chi connectivity index (χ2n) is 6.51. The quantitative estimate of drug-likeness (QED) is 0.456. The normalized spacial score (nSPS) is 13.9. The maximum absolute atomic E-state index is 12.6. The van der Waals surface area contributed by atoms with Gasteiger partial charge in [-0.15, -0.1) is 0 Å². The number of ketones is 2. The Morgan fingerprint density at radius 3 is 2.59 bits per heavy atom.